The number of anilines is 3. The van der Waals surface area contributed by atoms with Crippen molar-refractivity contribution >= 4 is 23.3 Å². The number of nitrogens with two attached hydrogens (primary N) is 1. The third-order valence-corrected chi connectivity index (χ3v) is 4.61. The second-order valence-corrected chi connectivity index (χ2v) is 6.71. The van der Waals surface area contributed by atoms with Crippen molar-refractivity contribution in [3.8, 4) is 0 Å². The van der Waals surface area contributed by atoms with E-state index < -0.39 is 4.92 Å². The average molecular weight is 356 g/mol. The molecule has 0 bridgehead atoms. The van der Waals surface area contributed by atoms with Gasteiger partial charge in [-0.15, -0.1) is 0 Å². The number of aromatic nitrogens is 2. The quantitative estimate of drug-likeness (QED) is 0.534. The molecule has 1 saturated carbocycles. The molecular formula is C18H24N6O2. The number of aryl methyl sites for hydroxylation is 1. The molecule has 4 N–H and O–H groups in total. The molecule has 0 aliphatic heterocycles. The van der Waals surface area contributed by atoms with Gasteiger partial charge in [0.15, 0.2) is 0 Å². The second-order valence-electron chi connectivity index (χ2n) is 6.71. The summed E-state index contributed by atoms with van der Waals surface area (Å²) in [5, 5.41) is 17.7. The highest BCUT2D eigenvalue weighted by molar-refractivity contribution is 5.70. The first kappa shape index (κ1) is 17.9. The van der Waals surface area contributed by atoms with Gasteiger partial charge >= 0.3 is 5.69 Å². The standard InChI is InChI=1S/C18H24N6O2/c1-12-7-9-13(10-8-12)11-20-18-22-16(19)15(24(25)26)17(23-18)21-14-5-3-2-4-6-14/h7-10,14H,2-6,11H2,1H3,(H4,19,20,21,22,23). The van der Waals surface area contributed by atoms with Gasteiger partial charge in [-0.25, -0.2) is 0 Å². The van der Waals surface area contributed by atoms with Crippen molar-refractivity contribution in [3.05, 3.63) is 45.5 Å². The van der Waals surface area contributed by atoms with E-state index in [0.29, 0.717) is 6.54 Å². The summed E-state index contributed by atoms with van der Waals surface area (Å²) in [5.41, 5.74) is 7.84. The molecule has 26 heavy (non-hydrogen) atoms. The van der Waals surface area contributed by atoms with Crippen LogP contribution < -0.4 is 16.4 Å². The van der Waals surface area contributed by atoms with Crippen molar-refractivity contribution in [2.24, 2.45) is 0 Å². The number of nitrogen functional groups attached to an aromatic ring is 1. The molecule has 3 rings (SSSR count). The van der Waals surface area contributed by atoms with Gasteiger partial charge in [0.05, 0.1) is 4.92 Å². The Balaban J connectivity index is 1.79. The highest BCUT2D eigenvalue weighted by atomic mass is 16.6. The first-order valence-corrected chi connectivity index (χ1v) is 8.91. The minimum absolute atomic E-state index is 0.130. The fourth-order valence-corrected chi connectivity index (χ4v) is 3.16. The minimum atomic E-state index is -0.524. The number of hydrogen-bond acceptors (Lipinski definition) is 7. The molecule has 0 spiro atoms. The molecule has 1 aromatic heterocycles. The number of nitro groups is 1. The molecule has 2 aromatic rings. The Labute approximate surface area is 152 Å². The van der Waals surface area contributed by atoms with Gasteiger partial charge in [0.25, 0.3) is 0 Å². The van der Waals surface area contributed by atoms with E-state index in [2.05, 4.69) is 20.6 Å². The maximum atomic E-state index is 11.4. The lowest BCUT2D eigenvalue weighted by atomic mass is 9.95. The summed E-state index contributed by atoms with van der Waals surface area (Å²) in [7, 11) is 0. The Morgan fingerprint density at radius 2 is 1.88 bits per heavy atom. The molecule has 1 aliphatic rings. The largest absolute Gasteiger partial charge is 0.378 e. The Kier molecular flexibility index (Phi) is 5.50. The van der Waals surface area contributed by atoms with E-state index in [1.807, 2.05) is 31.2 Å². The second kappa shape index (κ2) is 7.99. The van der Waals surface area contributed by atoms with Gasteiger partial charge in [-0.2, -0.15) is 9.97 Å². The first-order chi connectivity index (χ1) is 12.5. The van der Waals surface area contributed by atoms with E-state index in [9.17, 15) is 10.1 Å². The monoisotopic (exact) mass is 356 g/mol. The fraction of sp³-hybridized carbons (Fsp3) is 0.444. The van der Waals surface area contributed by atoms with Crippen LogP contribution in [-0.2, 0) is 6.54 Å². The van der Waals surface area contributed by atoms with Gasteiger partial charge in [-0.05, 0) is 25.3 Å². The van der Waals surface area contributed by atoms with E-state index in [1.54, 1.807) is 0 Å². The van der Waals surface area contributed by atoms with Crippen molar-refractivity contribution in [3.63, 3.8) is 0 Å². The maximum Gasteiger partial charge on any atom is 0.353 e. The van der Waals surface area contributed by atoms with Gasteiger partial charge in [-0.3, -0.25) is 10.1 Å². The molecule has 1 heterocycles. The van der Waals surface area contributed by atoms with Crippen LogP contribution in [0.4, 0.5) is 23.3 Å². The van der Waals surface area contributed by atoms with Crippen LogP contribution in [0.2, 0.25) is 0 Å². The summed E-state index contributed by atoms with van der Waals surface area (Å²) in [6, 6.07) is 8.26. The third-order valence-electron chi connectivity index (χ3n) is 4.61. The van der Waals surface area contributed by atoms with Crippen LogP contribution >= 0.6 is 0 Å². The highest BCUT2D eigenvalue weighted by Gasteiger charge is 2.25. The maximum absolute atomic E-state index is 11.4. The van der Waals surface area contributed by atoms with Crippen molar-refractivity contribution in [2.45, 2.75) is 51.6 Å². The van der Waals surface area contributed by atoms with Crippen LogP contribution in [0.25, 0.3) is 0 Å². The molecule has 1 aliphatic carbocycles. The molecule has 0 amide bonds. The van der Waals surface area contributed by atoms with Crippen LogP contribution in [0.1, 0.15) is 43.2 Å². The predicted molar refractivity (Wildman–Crippen MR) is 102 cm³/mol. The topological polar surface area (TPSA) is 119 Å². The molecule has 1 aromatic carbocycles. The fourth-order valence-electron chi connectivity index (χ4n) is 3.16. The van der Waals surface area contributed by atoms with E-state index in [-0.39, 0.29) is 29.3 Å². The van der Waals surface area contributed by atoms with Crippen molar-refractivity contribution in [1.82, 2.24) is 9.97 Å². The van der Waals surface area contributed by atoms with Crippen LogP contribution in [-0.4, -0.2) is 20.9 Å². The van der Waals surface area contributed by atoms with Crippen LogP contribution in [0.15, 0.2) is 24.3 Å². The summed E-state index contributed by atoms with van der Waals surface area (Å²) < 4.78 is 0. The summed E-state index contributed by atoms with van der Waals surface area (Å²) in [5.74, 6) is 0.350. The van der Waals surface area contributed by atoms with Crippen molar-refractivity contribution < 1.29 is 4.92 Å². The van der Waals surface area contributed by atoms with E-state index in [1.165, 1.54) is 12.0 Å². The molecule has 8 nitrogen and oxygen atoms in total. The van der Waals surface area contributed by atoms with Crippen LogP contribution in [0.3, 0.4) is 0 Å². The Morgan fingerprint density at radius 1 is 1.19 bits per heavy atom. The SMILES string of the molecule is Cc1ccc(CNc2nc(N)c([N+](=O)[O-])c(NC3CCCCC3)n2)cc1. The van der Waals surface area contributed by atoms with Gasteiger partial charge in [0.1, 0.15) is 0 Å². The molecule has 0 atom stereocenters. The minimum Gasteiger partial charge on any atom is -0.378 e. The number of hydrogen-bond donors (Lipinski definition) is 3. The zero-order valence-corrected chi connectivity index (χ0v) is 14.9. The Hall–Kier alpha value is -2.90. The van der Waals surface area contributed by atoms with Gasteiger partial charge in [-0.1, -0.05) is 49.1 Å². The summed E-state index contributed by atoms with van der Waals surface area (Å²) in [6.07, 6.45) is 5.39. The first-order valence-electron chi connectivity index (χ1n) is 8.91. The van der Waals surface area contributed by atoms with E-state index in [0.717, 1.165) is 31.2 Å². The zero-order chi connectivity index (χ0) is 18.5. The predicted octanol–water partition coefficient (Wildman–Crippen LogP) is 3.63. The van der Waals surface area contributed by atoms with Crippen molar-refractivity contribution in [2.75, 3.05) is 16.4 Å². The lowest BCUT2D eigenvalue weighted by Gasteiger charge is -2.23. The van der Waals surface area contributed by atoms with Gasteiger partial charge in [0, 0.05) is 12.6 Å². The van der Waals surface area contributed by atoms with Crippen molar-refractivity contribution in [1.29, 1.82) is 0 Å². The summed E-state index contributed by atoms with van der Waals surface area (Å²) in [4.78, 5) is 19.2. The number of benzene rings is 1. The van der Waals surface area contributed by atoms with Gasteiger partial charge in [0.2, 0.25) is 17.6 Å². The molecule has 1 fully saturated rings. The number of rotatable bonds is 6. The number of nitrogens with zero attached hydrogens (tertiary/aromatic N) is 3. The Bertz CT molecular complexity index is 772. The molecule has 0 radical (unpaired) electrons. The molecule has 0 saturated heterocycles. The van der Waals surface area contributed by atoms with Crippen LogP contribution in [0.5, 0.6) is 0 Å². The normalized spacial score (nSPS) is 14.8. The smallest absolute Gasteiger partial charge is 0.353 e. The van der Waals surface area contributed by atoms with Crippen LogP contribution in [0, 0.1) is 17.0 Å². The summed E-state index contributed by atoms with van der Waals surface area (Å²) in [6.45, 7) is 2.54. The molecule has 0 unspecified atom stereocenters. The number of nitrogens with one attached hydrogen (secondary N) is 2. The van der Waals surface area contributed by atoms with Gasteiger partial charge < -0.3 is 16.4 Å². The summed E-state index contributed by atoms with van der Waals surface area (Å²) >= 11 is 0. The lowest BCUT2D eigenvalue weighted by Crippen LogP contribution is -2.24. The van der Waals surface area contributed by atoms with E-state index >= 15 is 0 Å². The van der Waals surface area contributed by atoms with E-state index in [4.69, 9.17) is 5.73 Å². The zero-order valence-electron chi connectivity index (χ0n) is 14.9. The average Bonchev–Trinajstić information content (AvgIpc) is 2.61. The third kappa shape index (κ3) is 4.38. The molecule has 138 valence electrons. The highest BCUT2D eigenvalue weighted by Crippen LogP contribution is 2.31. The Morgan fingerprint density at radius 3 is 2.54 bits per heavy atom. The molecular weight excluding hydrogens is 332 g/mol. The molecule has 8 heteroatoms. The lowest BCUT2D eigenvalue weighted by molar-refractivity contribution is -0.383.